The molecule has 1 amide bonds. The number of rotatable bonds is 6. The number of ketones is 1. The minimum atomic E-state index is -2.56. The maximum Gasteiger partial charge on any atom is 0.332 e. The third-order valence-corrected chi connectivity index (χ3v) is 8.12. The monoisotopic (exact) mass is 581 g/mol. The molecule has 13 nitrogen and oxygen atoms in total. The largest absolute Gasteiger partial charge is 0.372 e. The average molecular weight is 582 g/mol. The Balaban J connectivity index is 1.21. The first-order chi connectivity index (χ1) is 19.9. The number of likely N-dealkylation sites (tertiary alicyclic amines) is 1. The van der Waals surface area contributed by atoms with Crippen LogP contribution in [0.5, 0.6) is 0 Å². The molecule has 2 fully saturated rings. The number of pyridine rings is 1. The van der Waals surface area contributed by atoms with E-state index in [2.05, 4.69) is 25.6 Å². The minimum absolute atomic E-state index is 0.0148. The van der Waals surface area contributed by atoms with Crippen LogP contribution in [-0.4, -0.2) is 71.1 Å². The van der Waals surface area contributed by atoms with E-state index in [9.17, 15) is 28.0 Å². The second-order valence-electron chi connectivity index (χ2n) is 11.0. The Bertz CT molecular complexity index is 1810. The van der Waals surface area contributed by atoms with Crippen LogP contribution >= 0.6 is 0 Å². The van der Waals surface area contributed by atoms with Gasteiger partial charge in [0.1, 0.15) is 23.5 Å². The molecule has 5 heterocycles. The highest BCUT2D eigenvalue weighted by Gasteiger charge is 2.72. The van der Waals surface area contributed by atoms with Crippen molar-refractivity contribution < 1.29 is 18.4 Å². The summed E-state index contributed by atoms with van der Waals surface area (Å²) in [5.41, 5.74) is -0.168. The number of carbonyl (C=O) groups is 2. The molecule has 1 aliphatic carbocycles. The summed E-state index contributed by atoms with van der Waals surface area (Å²) < 4.78 is 30.6. The Hall–Kier alpha value is -4.69. The van der Waals surface area contributed by atoms with Crippen LogP contribution in [0.2, 0.25) is 0 Å². The van der Waals surface area contributed by atoms with Crippen LogP contribution in [0.15, 0.2) is 45.3 Å². The molecule has 3 aromatic heterocycles. The molecule has 220 valence electrons. The van der Waals surface area contributed by atoms with E-state index < -0.39 is 47.5 Å². The standard InChI is InChI=1S/C27H29F2N9O4/c1-13(39)9-37-25(41)21-23(35(4)26(37)42)31-12-38(21)15(3)24(40)34-20-7-5-6-18(33-20)19-8-30-22(14(2)32-19)36-10-16-17(11-36)27(16,28)29/h5-8,12,14-17,32H,9-11H2,1-4H3,(H,33,34,40)/t14?,15-,16?,17?/m0/s1. The third-order valence-electron chi connectivity index (χ3n) is 8.12. The van der Waals surface area contributed by atoms with Gasteiger partial charge in [0, 0.05) is 20.1 Å². The van der Waals surface area contributed by atoms with Crippen molar-refractivity contribution in [3.63, 3.8) is 0 Å². The second kappa shape index (κ2) is 9.70. The lowest BCUT2D eigenvalue weighted by Gasteiger charge is -2.31. The van der Waals surface area contributed by atoms with Crippen molar-refractivity contribution in [1.29, 1.82) is 0 Å². The number of carbonyl (C=O) groups excluding carboxylic acids is 2. The molecule has 3 unspecified atom stereocenters. The highest BCUT2D eigenvalue weighted by molar-refractivity contribution is 5.94. The van der Waals surface area contributed by atoms with Gasteiger partial charge in [-0.25, -0.2) is 28.5 Å². The summed E-state index contributed by atoms with van der Waals surface area (Å²) in [5.74, 6) is -3.67. The van der Waals surface area contributed by atoms with Crippen molar-refractivity contribution in [3.8, 4) is 0 Å². The maximum atomic E-state index is 13.6. The summed E-state index contributed by atoms with van der Waals surface area (Å²) in [4.78, 5) is 65.8. The van der Waals surface area contributed by atoms with Gasteiger partial charge in [-0.2, -0.15) is 0 Å². The smallest absolute Gasteiger partial charge is 0.332 e. The first-order valence-electron chi connectivity index (χ1n) is 13.5. The van der Waals surface area contributed by atoms with Gasteiger partial charge in [0.05, 0.1) is 48.3 Å². The highest BCUT2D eigenvalue weighted by atomic mass is 19.3. The number of halogens is 2. The van der Waals surface area contributed by atoms with Gasteiger partial charge in [0.25, 0.3) is 11.5 Å². The van der Waals surface area contributed by atoms with Crippen molar-refractivity contribution in [1.82, 2.24) is 33.9 Å². The number of Topliss-reactive ketones (excluding diaryl/α,β-unsaturated/α-hetero) is 1. The molecule has 15 heteroatoms. The number of imidazole rings is 1. The molecule has 6 rings (SSSR count). The Kier molecular flexibility index (Phi) is 6.35. The molecule has 3 aliphatic rings. The van der Waals surface area contributed by atoms with Gasteiger partial charge >= 0.3 is 5.69 Å². The Morgan fingerprint density at radius 1 is 1.21 bits per heavy atom. The molecule has 2 N–H and O–H groups in total. The molecule has 0 radical (unpaired) electrons. The lowest BCUT2D eigenvalue weighted by atomic mass is 10.2. The van der Waals surface area contributed by atoms with E-state index in [1.807, 2.05) is 11.8 Å². The number of aromatic nitrogens is 5. The van der Waals surface area contributed by atoms with Crippen LogP contribution in [0.3, 0.4) is 0 Å². The van der Waals surface area contributed by atoms with Crippen molar-refractivity contribution in [2.45, 2.75) is 45.3 Å². The van der Waals surface area contributed by atoms with Gasteiger partial charge in [-0.05, 0) is 32.9 Å². The Morgan fingerprint density at radius 3 is 2.60 bits per heavy atom. The minimum Gasteiger partial charge on any atom is -0.372 e. The first kappa shape index (κ1) is 27.5. The normalized spacial score (nSPS) is 23.1. The van der Waals surface area contributed by atoms with E-state index in [0.29, 0.717) is 17.2 Å². The lowest BCUT2D eigenvalue weighted by molar-refractivity contribution is -0.119. The zero-order valence-corrected chi connectivity index (χ0v) is 23.3. The van der Waals surface area contributed by atoms with E-state index in [0.717, 1.165) is 9.13 Å². The molecule has 1 saturated carbocycles. The summed E-state index contributed by atoms with van der Waals surface area (Å²) in [6, 6.07) is 3.93. The van der Waals surface area contributed by atoms with Crippen molar-refractivity contribution in [2.24, 2.45) is 23.9 Å². The molecule has 1 saturated heterocycles. The molecule has 0 bridgehead atoms. The zero-order valence-electron chi connectivity index (χ0n) is 23.3. The molecule has 42 heavy (non-hydrogen) atoms. The van der Waals surface area contributed by atoms with Gasteiger partial charge in [-0.1, -0.05) is 6.07 Å². The first-order valence-corrected chi connectivity index (χ1v) is 13.5. The predicted molar refractivity (Wildman–Crippen MR) is 149 cm³/mol. The van der Waals surface area contributed by atoms with Crippen molar-refractivity contribution >= 4 is 40.2 Å². The number of alkyl halides is 2. The zero-order chi connectivity index (χ0) is 30.1. The quantitative estimate of drug-likeness (QED) is 0.438. The number of amidine groups is 1. The number of hydrogen-bond donors (Lipinski definition) is 2. The van der Waals surface area contributed by atoms with Crippen LogP contribution in [0.1, 0.15) is 32.5 Å². The Morgan fingerprint density at radius 2 is 1.93 bits per heavy atom. The van der Waals surface area contributed by atoms with Crippen LogP contribution < -0.4 is 21.9 Å². The molecule has 0 spiro atoms. The van der Waals surface area contributed by atoms with Gasteiger partial charge in [-0.3, -0.25) is 23.5 Å². The summed E-state index contributed by atoms with van der Waals surface area (Å²) in [6.07, 6.45) is 2.90. The Labute approximate surface area is 237 Å². The molecule has 2 aliphatic heterocycles. The topological polar surface area (TPSA) is 149 Å². The van der Waals surface area contributed by atoms with Gasteiger partial charge in [0.15, 0.2) is 11.2 Å². The van der Waals surface area contributed by atoms with E-state index in [-0.39, 0.29) is 41.9 Å². The lowest BCUT2D eigenvalue weighted by Crippen LogP contribution is -2.46. The van der Waals surface area contributed by atoms with E-state index in [1.54, 1.807) is 31.3 Å². The van der Waals surface area contributed by atoms with Crippen LogP contribution in [0.4, 0.5) is 14.6 Å². The number of anilines is 1. The number of hydrogen-bond acceptors (Lipinski definition) is 9. The van der Waals surface area contributed by atoms with E-state index in [1.165, 1.54) is 24.9 Å². The van der Waals surface area contributed by atoms with E-state index in [4.69, 9.17) is 0 Å². The summed E-state index contributed by atoms with van der Waals surface area (Å²) >= 11 is 0. The molecule has 3 aromatic rings. The second-order valence-corrected chi connectivity index (χ2v) is 11.0. The van der Waals surface area contributed by atoms with Gasteiger partial charge in [0.2, 0.25) is 5.91 Å². The third kappa shape index (κ3) is 4.39. The van der Waals surface area contributed by atoms with Gasteiger partial charge in [-0.15, -0.1) is 0 Å². The molecular formula is C27H29F2N9O4. The number of aliphatic imine (C=N–C) groups is 1. The number of nitrogens with one attached hydrogen (secondary N) is 2. The molecular weight excluding hydrogens is 552 g/mol. The fraction of sp³-hybridized carbons (Fsp3) is 0.444. The number of piperidine rings is 1. The summed E-state index contributed by atoms with van der Waals surface area (Å²) in [5, 5.41) is 6.06. The number of amides is 1. The highest BCUT2D eigenvalue weighted by Crippen LogP contribution is 2.59. The van der Waals surface area contributed by atoms with Crippen molar-refractivity contribution in [3.05, 3.63) is 57.3 Å². The van der Waals surface area contributed by atoms with Crippen LogP contribution in [0.25, 0.3) is 16.9 Å². The van der Waals surface area contributed by atoms with Gasteiger partial charge < -0.3 is 20.1 Å². The summed E-state index contributed by atoms with van der Waals surface area (Å²) in [6.45, 7) is 4.92. The maximum absolute atomic E-state index is 13.6. The number of aryl methyl sites for hydroxylation is 1. The number of fused-ring (bicyclic) bond motifs is 2. The van der Waals surface area contributed by atoms with Crippen molar-refractivity contribution in [2.75, 3.05) is 18.4 Å². The van der Waals surface area contributed by atoms with E-state index >= 15 is 0 Å². The number of nitrogens with zero attached hydrogens (tertiary/aromatic N) is 7. The fourth-order valence-corrected chi connectivity index (χ4v) is 5.72. The molecule has 0 aromatic carbocycles. The van der Waals surface area contributed by atoms with Crippen LogP contribution in [0, 0.1) is 11.8 Å². The predicted octanol–water partition coefficient (Wildman–Crippen LogP) is 0.966. The molecule has 4 atom stereocenters. The summed E-state index contributed by atoms with van der Waals surface area (Å²) in [7, 11) is 1.44. The SMILES string of the molecule is CC(=O)Cn1c(=O)c2c(ncn2[C@@H](C)C(=O)Nc2cccc(C3=CN=C(N4CC5C(C4)C5(F)F)C(C)N3)n2)n(C)c1=O. The average Bonchev–Trinajstić information content (AvgIpc) is 3.37. The van der Waals surface area contributed by atoms with Crippen LogP contribution in [-0.2, 0) is 23.2 Å². The fourth-order valence-electron chi connectivity index (χ4n) is 5.72.